The summed E-state index contributed by atoms with van der Waals surface area (Å²) >= 11 is 1.77. The summed E-state index contributed by atoms with van der Waals surface area (Å²) in [6.07, 6.45) is 8.24. The van der Waals surface area contributed by atoms with Crippen LogP contribution in [0.5, 0.6) is 0 Å². The summed E-state index contributed by atoms with van der Waals surface area (Å²) in [6.45, 7) is 8.94. The summed E-state index contributed by atoms with van der Waals surface area (Å²) in [4.78, 5) is 29.0. The normalized spacial score (nSPS) is 21.0. The molecule has 8 nitrogen and oxygen atoms in total. The van der Waals surface area contributed by atoms with Crippen molar-refractivity contribution in [2.75, 3.05) is 49.1 Å². The van der Waals surface area contributed by atoms with E-state index in [4.69, 9.17) is 0 Å². The Hall–Kier alpha value is -2.29. The summed E-state index contributed by atoms with van der Waals surface area (Å²) in [5.74, 6) is 1.83. The summed E-state index contributed by atoms with van der Waals surface area (Å²) in [5, 5.41) is 11.3. The van der Waals surface area contributed by atoms with E-state index in [1.54, 1.807) is 11.3 Å². The molecular formula is C24H35N7OS. The Kier molecular flexibility index (Phi) is 6.76. The number of anilines is 2. The van der Waals surface area contributed by atoms with E-state index in [-0.39, 0.29) is 5.92 Å². The molecule has 5 rings (SSSR count). The van der Waals surface area contributed by atoms with Gasteiger partial charge in [0, 0.05) is 62.5 Å². The second-order valence-corrected chi connectivity index (χ2v) is 10.8. The van der Waals surface area contributed by atoms with Gasteiger partial charge in [-0.1, -0.05) is 30.6 Å². The van der Waals surface area contributed by atoms with Crippen LogP contribution in [0.25, 0.3) is 0 Å². The largest absolute Gasteiger partial charge is 0.343 e. The maximum absolute atomic E-state index is 13.2. The first-order chi connectivity index (χ1) is 16.1. The van der Waals surface area contributed by atoms with Crippen LogP contribution in [0.1, 0.15) is 67.3 Å². The number of aromatic nitrogens is 4. The molecule has 0 radical (unpaired) electrons. The van der Waals surface area contributed by atoms with Crippen molar-refractivity contribution in [2.45, 2.75) is 64.7 Å². The quantitative estimate of drug-likeness (QED) is 0.677. The molecule has 2 saturated heterocycles. The molecule has 9 heteroatoms. The van der Waals surface area contributed by atoms with Gasteiger partial charge >= 0.3 is 0 Å². The van der Waals surface area contributed by atoms with Crippen molar-refractivity contribution in [1.82, 2.24) is 25.1 Å². The second-order valence-electron chi connectivity index (χ2n) is 9.78. The Labute approximate surface area is 200 Å². The fourth-order valence-electron chi connectivity index (χ4n) is 5.42. The molecule has 1 aliphatic carbocycles. The number of amides is 1. The van der Waals surface area contributed by atoms with E-state index in [1.807, 2.05) is 19.9 Å². The highest BCUT2D eigenvalue weighted by Crippen LogP contribution is 2.36. The Morgan fingerprint density at radius 3 is 2.18 bits per heavy atom. The van der Waals surface area contributed by atoms with Gasteiger partial charge in [-0.2, -0.15) is 0 Å². The van der Waals surface area contributed by atoms with Crippen LogP contribution in [0.2, 0.25) is 0 Å². The van der Waals surface area contributed by atoms with Crippen LogP contribution in [0.4, 0.5) is 11.1 Å². The minimum absolute atomic E-state index is 0.109. The third kappa shape index (κ3) is 5.13. The monoisotopic (exact) mass is 469 g/mol. The molecule has 4 heterocycles. The van der Waals surface area contributed by atoms with Crippen molar-refractivity contribution in [3.63, 3.8) is 0 Å². The topological polar surface area (TPSA) is 78.4 Å². The molecule has 0 unspecified atom stereocenters. The molecule has 1 amide bonds. The van der Waals surface area contributed by atoms with Crippen molar-refractivity contribution >= 4 is 28.3 Å². The Morgan fingerprint density at radius 1 is 0.848 bits per heavy atom. The number of rotatable bonds is 4. The Bertz CT molecular complexity index is 937. The van der Waals surface area contributed by atoms with Crippen molar-refractivity contribution < 1.29 is 4.79 Å². The minimum atomic E-state index is 0.109. The predicted octanol–water partition coefficient (Wildman–Crippen LogP) is 3.56. The van der Waals surface area contributed by atoms with Crippen LogP contribution in [-0.2, 0) is 4.79 Å². The lowest BCUT2D eigenvalue weighted by Crippen LogP contribution is -2.51. The number of aryl methyl sites for hydroxylation is 2. The molecule has 33 heavy (non-hydrogen) atoms. The first kappa shape index (κ1) is 22.5. The first-order valence-corrected chi connectivity index (χ1v) is 13.3. The zero-order valence-electron chi connectivity index (χ0n) is 19.9. The lowest BCUT2D eigenvalue weighted by molar-refractivity contribution is -0.136. The van der Waals surface area contributed by atoms with Crippen LogP contribution in [0, 0.1) is 19.8 Å². The van der Waals surface area contributed by atoms with E-state index in [1.165, 1.54) is 37.1 Å². The van der Waals surface area contributed by atoms with Gasteiger partial charge in [-0.25, -0.2) is 9.97 Å². The highest BCUT2D eigenvalue weighted by molar-refractivity contribution is 7.15. The van der Waals surface area contributed by atoms with Gasteiger partial charge in [0.1, 0.15) is 5.01 Å². The van der Waals surface area contributed by atoms with Crippen LogP contribution < -0.4 is 9.80 Å². The van der Waals surface area contributed by atoms with E-state index in [0.717, 1.165) is 74.6 Å². The average molecular weight is 470 g/mol. The smallest absolute Gasteiger partial charge is 0.225 e. The lowest BCUT2D eigenvalue weighted by Gasteiger charge is -2.38. The zero-order chi connectivity index (χ0) is 22.8. The second kappa shape index (κ2) is 9.91. The molecule has 0 bridgehead atoms. The van der Waals surface area contributed by atoms with Crippen molar-refractivity contribution in [3.8, 4) is 0 Å². The number of carbonyl (C=O) groups excluding carboxylic acids is 1. The standard InChI is InChI=1S/C24H35N7OS/c1-17-16-18(2)26-23(25-17)30-10-8-20(9-11-30)22(32)29-12-14-31(15-13-29)24-28-27-21(33-24)19-6-4-3-5-7-19/h16,19-20H,3-15H2,1-2H3. The van der Waals surface area contributed by atoms with Crippen molar-refractivity contribution in [2.24, 2.45) is 5.92 Å². The van der Waals surface area contributed by atoms with E-state index in [2.05, 4.69) is 34.9 Å². The van der Waals surface area contributed by atoms with Crippen LogP contribution in [-0.4, -0.2) is 70.2 Å². The van der Waals surface area contributed by atoms with Crippen molar-refractivity contribution in [1.29, 1.82) is 0 Å². The number of nitrogens with zero attached hydrogens (tertiary/aromatic N) is 7. The fraction of sp³-hybridized carbons (Fsp3) is 0.708. The lowest BCUT2D eigenvalue weighted by atomic mass is 9.90. The molecule has 2 aromatic rings. The summed E-state index contributed by atoms with van der Waals surface area (Å²) in [5.41, 5.74) is 1.99. The molecule has 2 aromatic heterocycles. The molecule has 0 N–H and O–H groups in total. The minimum Gasteiger partial charge on any atom is -0.343 e. The third-order valence-electron chi connectivity index (χ3n) is 7.34. The number of piperidine rings is 1. The maximum atomic E-state index is 13.2. The summed E-state index contributed by atoms with van der Waals surface area (Å²) in [7, 11) is 0. The van der Waals surface area contributed by atoms with E-state index < -0.39 is 0 Å². The van der Waals surface area contributed by atoms with E-state index in [9.17, 15) is 4.79 Å². The maximum Gasteiger partial charge on any atom is 0.225 e. The molecule has 1 saturated carbocycles. The van der Waals surface area contributed by atoms with Gasteiger partial charge in [0.15, 0.2) is 0 Å². The molecule has 3 fully saturated rings. The van der Waals surface area contributed by atoms with E-state index in [0.29, 0.717) is 11.8 Å². The number of carbonyl (C=O) groups is 1. The predicted molar refractivity (Wildman–Crippen MR) is 131 cm³/mol. The van der Waals surface area contributed by atoms with Gasteiger partial charge in [0.25, 0.3) is 0 Å². The molecule has 0 atom stereocenters. The van der Waals surface area contributed by atoms with Crippen molar-refractivity contribution in [3.05, 3.63) is 22.5 Å². The van der Waals surface area contributed by atoms with Gasteiger partial charge in [-0.15, -0.1) is 10.2 Å². The Balaban J connectivity index is 1.11. The highest BCUT2D eigenvalue weighted by Gasteiger charge is 2.32. The molecular weight excluding hydrogens is 434 g/mol. The van der Waals surface area contributed by atoms with Crippen LogP contribution >= 0.6 is 11.3 Å². The third-order valence-corrected chi connectivity index (χ3v) is 8.49. The van der Waals surface area contributed by atoms with E-state index >= 15 is 0 Å². The van der Waals surface area contributed by atoms with Crippen LogP contribution in [0.3, 0.4) is 0 Å². The summed E-state index contributed by atoms with van der Waals surface area (Å²) in [6, 6.07) is 2.00. The zero-order valence-corrected chi connectivity index (χ0v) is 20.7. The molecule has 178 valence electrons. The molecule has 3 aliphatic rings. The number of hydrogen-bond donors (Lipinski definition) is 0. The molecule has 0 aromatic carbocycles. The molecule has 2 aliphatic heterocycles. The number of piperazine rings is 1. The highest BCUT2D eigenvalue weighted by atomic mass is 32.1. The average Bonchev–Trinajstić information content (AvgIpc) is 3.34. The SMILES string of the molecule is Cc1cc(C)nc(N2CCC(C(=O)N3CCN(c4nnc(C5CCCCC5)s4)CC3)CC2)n1. The number of hydrogen-bond acceptors (Lipinski definition) is 8. The first-order valence-electron chi connectivity index (χ1n) is 12.5. The van der Waals surface area contributed by atoms with Gasteiger partial charge in [-0.3, -0.25) is 4.79 Å². The van der Waals surface area contributed by atoms with Gasteiger partial charge in [0.05, 0.1) is 0 Å². The van der Waals surface area contributed by atoms with Gasteiger partial charge in [0.2, 0.25) is 17.0 Å². The Morgan fingerprint density at radius 2 is 1.52 bits per heavy atom. The van der Waals surface area contributed by atoms with Gasteiger partial charge in [-0.05, 0) is 45.6 Å². The fourth-order valence-corrected chi connectivity index (χ4v) is 6.48. The molecule has 0 spiro atoms. The summed E-state index contributed by atoms with van der Waals surface area (Å²) < 4.78 is 0. The van der Waals surface area contributed by atoms with Gasteiger partial charge < -0.3 is 14.7 Å². The van der Waals surface area contributed by atoms with Crippen LogP contribution in [0.15, 0.2) is 6.07 Å².